The van der Waals surface area contributed by atoms with E-state index in [1.165, 1.54) is 0 Å². The average molecular weight is 277 g/mol. The maximum absolute atomic E-state index is 7.14. The van der Waals surface area contributed by atoms with Crippen LogP contribution in [0, 0.1) is 12.3 Å². The number of ether oxygens (including phenoxy) is 1. The van der Waals surface area contributed by atoms with Gasteiger partial charge in [0, 0.05) is 5.02 Å². The van der Waals surface area contributed by atoms with Crippen molar-refractivity contribution in [3.05, 3.63) is 28.3 Å². The molecule has 1 rings (SSSR count). The lowest BCUT2D eigenvalue weighted by Crippen LogP contribution is -2.19. The van der Waals surface area contributed by atoms with Crippen LogP contribution in [0.3, 0.4) is 0 Å². The van der Waals surface area contributed by atoms with Crippen LogP contribution >= 0.6 is 24.0 Å². The van der Waals surface area contributed by atoms with E-state index >= 15 is 0 Å². The molecule has 96 valence electrons. The van der Waals surface area contributed by atoms with Crippen molar-refractivity contribution in [2.45, 2.75) is 26.7 Å². The Morgan fingerprint density at radius 2 is 2.06 bits per heavy atom. The molecule has 0 saturated carbocycles. The molecule has 5 heteroatoms. The van der Waals surface area contributed by atoms with E-state index in [4.69, 9.17) is 27.5 Å². The van der Waals surface area contributed by atoms with Gasteiger partial charge in [-0.15, -0.1) is 12.4 Å². The summed E-state index contributed by atoms with van der Waals surface area (Å²) in [7, 11) is 0. The molecule has 17 heavy (non-hydrogen) atoms. The average Bonchev–Trinajstić information content (AvgIpc) is 2.18. The predicted octanol–water partition coefficient (Wildman–Crippen LogP) is 3.51. The van der Waals surface area contributed by atoms with Crippen LogP contribution in [0.4, 0.5) is 0 Å². The zero-order valence-corrected chi connectivity index (χ0v) is 11.8. The molecule has 0 aliphatic rings. The summed E-state index contributed by atoms with van der Waals surface area (Å²) in [6, 6.07) is 3.80. The van der Waals surface area contributed by atoms with Gasteiger partial charge in [-0.05, 0) is 36.1 Å². The van der Waals surface area contributed by atoms with Crippen LogP contribution in [0.5, 0.6) is 5.75 Å². The topological polar surface area (TPSA) is 59.1 Å². The minimum Gasteiger partial charge on any atom is -0.485 e. The second kappa shape index (κ2) is 6.72. The van der Waals surface area contributed by atoms with Crippen molar-refractivity contribution in [2.75, 3.05) is 6.61 Å². The number of hydrogen-bond donors (Lipinski definition) is 2. The Morgan fingerprint density at radius 3 is 2.53 bits per heavy atom. The molecule has 3 nitrogen and oxygen atoms in total. The number of rotatable bonds is 4. The molecule has 0 atom stereocenters. The van der Waals surface area contributed by atoms with Crippen molar-refractivity contribution in [3.63, 3.8) is 0 Å². The maximum Gasteiger partial charge on any atom is 0.145 e. The van der Waals surface area contributed by atoms with Gasteiger partial charge in [0.05, 0.1) is 0 Å². The lowest BCUT2D eigenvalue weighted by molar-refractivity contribution is 0.368. The van der Waals surface area contributed by atoms with Crippen LogP contribution < -0.4 is 10.5 Å². The standard InChI is InChI=1S/C12H17ClN2O.ClH/c1-7(2)9-5-10(13)8(3)4-11(9)16-6-12(14)15;/h4-5,7H,6H2,1-3H3,(H3,14,15);1H. The van der Waals surface area contributed by atoms with Gasteiger partial charge in [0.1, 0.15) is 18.2 Å². The molecule has 1 aromatic carbocycles. The summed E-state index contributed by atoms with van der Waals surface area (Å²) in [6.45, 7) is 6.18. The summed E-state index contributed by atoms with van der Waals surface area (Å²) in [6.07, 6.45) is 0. The lowest BCUT2D eigenvalue weighted by Gasteiger charge is -2.15. The van der Waals surface area contributed by atoms with Gasteiger partial charge < -0.3 is 10.5 Å². The highest BCUT2D eigenvalue weighted by atomic mass is 35.5. The number of hydrogen-bond acceptors (Lipinski definition) is 2. The molecule has 3 N–H and O–H groups in total. The van der Waals surface area contributed by atoms with E-state index in [1.54, 1.807) is 0 Å². The highest BCUT2D eigenvalue weighted by Gasteiger charge is 2.11. The Morgan fingerprint density at radius 1 is 1.47 bits per heavy atom. The zero-order valence-electron chi connectivity index (χ0n) is 10.2. The minimum absolute atomic E-state index is 0. The van der Waals surface area contributed by atoms with Crippen molar-refractivity contribution >= 4 is 29.8 Å². The Hall–Kier alpha value is -0.930. The van der Waals surface area contributed by atoms with E-state index in [9.17, 15) is 0 Å². The monoisotopic (exact) mass is 276 g/mol. The van der Waals surface area contributed by atoms with Crippen LogP contribution in [-0.4, -0.2) is 12.4 Å². The molecule has 0 radical (unpaired) electrons. The first-order chi connectivity index (χ1) is 7.41. The fraction of sp³-hybridized carbons (Fsp3) is 0.417. The highest BCUT2D eigenvalue weighted by molar-refractivity contribution is 6.31. The Labute approximate surface area is 113 Å². The van der Waals surface area contributed by atoms with Crippen LogP contribution in [0.15, 0.2) is 12.1 Å². The van der Waals surface area contributed by atoms with Crippen molar-refractivity contribution < 1.29 is 4.74 Å². The third-order valence-electron chi connectivity index (χ3n) is 2.30. The number of halogens is 2. The van der Waals surface area contributed by atoms with Gasteiger partial charge in [-0.2, -0.15) is 0 Å². The fourth-order valence-corrected chi connectivity index (χ4v) is 1.57. The zero-order chi connectivity index (χ0) is 12.3. The van der Waals surface area contributed by atoms with Gasteiger partial charge in [0.25, 0.3) is 0 Å². The summed E-state index contributed by atoms with van der Waals surface area (Å²) < 4.78 is 5.49. The number of nitrogens with one attached hydrogen (secondary N) is 1. The fourth-order valence-electron chi connectivity index (χ4n) is 1.40. The smallest absolute Gasteiger partial charge is 0.145 e. The molecule has 0 spiro atoms. The quantitative estimate of drug-likeness (QED) is 0.653. The molecule has 0 unspecified atom stereocenters. The first-order valence-corrected chi connectivity index (χ1v) is 5.55. The lowest BCUT2D eigenvalue weighted by atomic mass is 10.0. The number of nitrogens with two attached hydrogens (primary N) is 1. The van der Waals surface area contributed by atoms with Crippen molar-refractivity contribution in [1.29, 1.82) is 5.41 Å². The molecule has 0 heterocycles. The van der Waals surface area contributed by atoms with E-state index in [0.29, 0.717) is 5.92 Å². The summed E-state index contributed by atoms with van der Waals surface area (Å²) in [5.41, 5.74) is 7.27. The Balaban J connectivity index is 0.00000256. The largest absolute Gasteiger partial charge is 0.485 e. The van der Waals surface area contributed by atoms with Crippen LogP contribution in [0.25, 0.3) is 0 Å². The number of aryl methyl sites for hydroxylation is 1. The molecule has 0 amide bonds. The normalized spacial score (nSPS) is 9.94. The van der Waals surface area contributed by atoms with Gasteiger partial charge in [-0.3, -0.25) is 5.41 Å². The molecular weight excluding hydrogens is 259 g/mol. The number of benzene rings is 1. The van der Waals surface area contributed by atoms with E-state index in [1.807, 2.05) is 19.1 Å². The molecule has 0 aliphatic heterocycles. The molecule has 0 fully saturated rings. The van der Waals surface area contributed by atoms with Crippen LogP contribution in [0.1, 0.15) is 30.9 Å². The van der Waals surface area contributed by atoms with E-state index < -0.39 is 0 Å². The first-order valence-electron chi connectivity index (χ1n) is 5.17. The summed E-state index contributed by atoms with van der Waals surface area (Å²) >= 11 is 6.07. The van der Waals surface area contributed by atoms with E-state index in [0.717, 1.165) is 21.9 Å². The van der Waals surface area contributed by atoms with E-state index in [-0.39, 0.29) is 24.8 Å². The molecular formula is C12H18Cl2N2O. The second-order valence-corrected chi connectivity index (χ2v) is 4.52. The van der Waals surface area contributed by atoms with Crippen molar-refractivity contribution in [1.82, 2.24) is 0 Å². The van der Waals surface area contributed by atoms with Gasteiger partial charge in [-0.25, -0.2) is 0 Å². The SMILES string of the molecule is Cc1cc(OCC(=N)N)c(C(C)C)cc1Cl.Cl. The summed E-state index contributed by atoms with van der Waals surface area (Å²) in [5, 5.41) is 7.88. The minimum atomic E-state index is 0. The predicted molar refractivity (Wildman–Crippen MR) is 74.9 cm³/mol. The summed E-state index contributed by atoms with van der Waals surface area (Å²) in [5.74, 6) is 1.09. The van der Waals surface area contributed by atoms with Gasteiger partial charge >= 0.3 is 0 Å². The Kier molecular flexibility index (Phi) is 6.35. The van der Waals surface area contributed by atoms with Crippen molar-refractivity contribution in [3.8, 4) is 5.75 Å². The highest BCUT2D eigenvalue weighted by Crippen LogP contribution is 2.31. The third kappa shape index (κ3) is 4.44. The second-order valence-electron chi connectivity index (χ2n) is 4.11. The van der Waals surface area contributed by atoms with Crippen molar-refractivity contribution in [2.24, 2.45) is 5.73 Å². The van der Waals surface area contributed by atoms with Crippen LogP contribution in [-0.2, 0) is 0 Å². The third-order valence-corrected chi connectivity index (χ3v) is 2.70. The maximum atomic E-state index is 7.14. The number of amidine groups is 1. The molecule has 0 aliphatic carbocycles. The molecule has 0 saturated heterocycles. The van der Waals surface area contributed by atoms with Gasteiger partial charge in [0.15, 0.2) is 0 Å². The first kappa shape index (κ1) is 16.1. The van der Waals surface area contributed by atoms with Gasteiger partial charge in [0.2, 0.25) is 0 Å². The molecule has 0 bridgehead atoms. The molecule has 1 aromatic rings. The van der Waals surface area contributed by atoms with Gasteiger partial charge in [-0.1, -0.05) is 25.4 Å². The van der Waals surface area contributed by atoms with Crippen LogP contribution in [0.2, 0.25) is 5.02 Å². The molecule has 0 aromatic heterocycles. The Bertz CT molecular complexity index is 406. The van der Waals surface area contributed by atoms with E-state index in [2.05, 4.69) is 13.8 Å². The summed E-state index contributed by atoms with van der Waals surface area (Å²) in [4.78, 5) is 0.